The number of nitrogens with zero attached hydrogens (tertiary/aromatic N) is 1. The van der Waals surface area contributed by atoms with Gasteiger partial charge in [-0.2, -0.15) is 23.5 Å². The number of hydrogen-bond acceptors (Lipinski definition) is 5. The smallest absolute Gasteiger partial charge is 0.224 e. The van der Waals surface area contributed by atoms with Crippen LogP contribution >= 0.6 is 23.5 Å². The number of carbonyl (C=O) groups is 1. The number of likely N-dealkylation sites (tertiary alicyclic amines) is 1. The first kappa shape index (κ1) is 18.0. The van der Waals surface area contributed by atoms with Gasteiger partial charge in [-0.3, -0.25) is 4.79 Å². The number of hydrogen-bond donors (Lipinski definition) is 1. The van der Waals surface area contributed by atoms with Crippen LogP contribution in [0.25, 0.3) is 0 Å². The van der Waals surface area contributed by atoms with Gasteiger partial charge < -0.3 is 15.0 Å². The summed E-state index contributed by atoms with van der Waals surface area (Å²) < 4.78 is 5.18. The molecule has 0 aliphatic carbocycles. The Morgan fingerprint density at radius 3 is 2.54 bits per heavy atom. The molecule has 132 valence electrons. The summed E-state index contributed by atoms with van der Waals surface area (Å²) in [6, 6.07) is 8.98. The van der Waals surface area contributed by atoms with Gasteiger partial charge in [-0.05, 0) is 24.1 Å². The van der Waals surface area contributed by atoms with E-state index in [0.717, 1.165) is 25.3 Å². The van der Waals surface area contributed by atoms with Crippen LogP contribution in [-0.2, 0) is 11.2 Å². The Hall–Kier alpha value is -0.850. The normalized spacial score (nSPS) is 22.6. The van der Waals surface area contributed by atoms with E-state index in [1.54, 1.807) is 7.11 Å². The van der Waals surface area contributed by atoms with E-state index in [1.165, 1.54) is 28.6 Å². The highest BCUT2D eigenvalue weighted by Crippen LogP contribution is 2.19. The molecule has 1 atom stereocenters. The van der Waals surface area contributed by atoms with Crippen LogP contribution < -0.4 is 10.1 Å². The first-order valence-corrected chi connectivity index (χ1v) is 10.9. The summed E-state index contributed by atoms with van der Waals surface area (Å²) in [7, 11) is 1.68. The van der Waals surface area contributed by atoms with E-state index in [-0.39, 0.29) is 5.91 Å². The molecule has 0 aromatic heterocycles. The summed E-state index contributed by atoms with van der Waals surface area (Å²) in [5, 5.41) is 3.71. The fourth-order valence-corrected chi connectivity index (χ4v) is 5.63. The van der Waals surface area contributed by atoms with E-state index in [0.29, 0.717) is 18.5 Å². The molecule has 24 heavy (non-hydrogen) atoms. The summed E-state index contributed by atoms with van der Waals surface area (Å²) in [6.07, 6.45) is 1.55. The maximum absolute atomic E-state index is 12.3. The van der Waals surface area contributed by atoms with E-state index >= 15 is 0 Å². The minimum atomic E-state index is 0.287. The largest absolute Gasteiger partial charge is 0.497 e. The van der Waals surface area contributed by atoms with E-state index in [1.807, 2.05) is 40.6 Å². The summed E-state index contributed by atoms with van der Waals surface area (Å²) in [5.41, 5.74) is 1.25. The van der Waals surface area contributed by atoms with E-state index in [4.69, 9.17) is 4.74 Å². The van der Waals surface area contributed by atoms with Crippen molar-refractivity contribution in [3.8, 4) is 5.75 Å². The molecule has 4 nitrogen and oxygen atoms in total. The number of methoxy groups -OCH3 is 1. The van der Waals surface area contributed by atoms with Crippen LogP contribution in [0.15, 0.2) is 24.3 Å². The van der Waals surface area contributed by atoms with Crippen molar-refractivity contribution in [2.45, 2.75) is 24.9 Å². The van der Waals surface area contributed by atoms with Crippen LogP contribution in [0.2, 0.25) is 0 Å². The zero-order chi connectivity index (χ0) is 16.8. The summed E-state index contributed by atoms with van der Waals surface area (Å²) in [4.78, 5) is 14.3. The average molecular weight is 367 g/mol. The molecule has 0 unspecified atom stereocenters. The molecule has 1 N–H and O–H groups in total. The fraction of sp³-hybridized carbons (Fsp3) is 0.611. The third-order valence-corrected chi connectivity index (χ3v) is 7.05. The number of benzene rings is 1. The van der Waals surface area contributed by atoms with Gasteiger partial charge in [-0.1, -0.05) is 12.1 Å². The zero-order valence-electron chi connectivity index (χ0n) is 14.2. The van der Waals surface area contributed by atoms with Crippen LogP contribution in [0.5, 0.6) is 5.75 Å². The van der Waals surface area contributed by atoms with Gasteiger partial charge in [0, 0.05) is 54.6 Å². The number of rotatable bonds is 6. The minimum absolute atomic E-state index is 0.287. The van der Waals surface area contributed by atoms with Gasteiger partial charge >= 0.3 is 0 Å². The number of ether oxygens (including phenoxy) is 1. The average Bonchev–Trinajstić information content (AvgIpc) is 2.78. The number of nitrogens with one attached hydrogen (secondary N) is 1. The molecule has 2 aliphatic heterocycles. The van der Waals surface area contributed by atoms with Gasteiger partial charge in [0.25, 0.3) is 0 Å². The molecular weight excluding hydrogens is 340 g/mol. The third kappa shape index (κ3) is 5.07. The van der Waals surface area contributed by atoms with Crippen molar-refractivity contribution in [2.24, 2.45) is 0 Å². The highest BCUT2D eigenvalue weighted by Gasteiger charge is 2.30. The lowest BCUT2D eigenvalue weighted by Crippen LogP contribution is -2.42. The van der Waals surface area contributed by atoms with Crippen molar-refractivity contribution in [2.75, 3.05) is 43.2 Å². The van der Waals surface area contributed by atoms with Gasteiger partial charge in [0.15, 0.2) is 0 Å². The van der Waals surface area contributed by atoms with Crippen molar-refractivity contribution < 1.29 is 9.53 Å². The monoisotopic (exact) mass is 366 g/mol. The van der Waals surface area contributed by atoms with E-state index in [2.05, 4.69) is 17.4 Å². The van der Waals surface area contributed by atoms with E-state index < -0.39 is 0 Å². The van der Waals surface area contributed by atoms with Crippen molar-refractivity contribution in [3.63, 3.8) is 0 Å². The topological polar surface area (TPSA) is 41.6 Å². The summed E-state index contributed by atoms with van der Waals surface area (Å²) in [5.74, 6) is 6.00. The molecular formula is C18H26N2O2S2. The third-order valence-electron chi connectivity index (χ3n) is 4.53. The van der Waals surface area contributed by atoms with Crippen LogP contribution in [0.1, 0.15) is 12.0 Å². The van der Waals surface area contributed by atoms with Crippen molar-refractivity contribution in [1.29, 1.82) is 0 Å². The van der Waals surface area contributed by atoms with Crippen molar-refractivity contribution >= 4 is 29.4 Å². The Labute approximate surface area is 153 Å². The van der Waals surface area contributed by atoms with Gasteiger partial charge in [-0.25, -0.2) is 0 Å². The van der Waals surface area contributed by atoms with Gasteiger partial charge in [0.1, 0.15) is 5.75 Å². The van der Waals surface area contributed by atoms with Crippen LogP contribution in [0, 0.1) is 0 Å². The summed E-state index contributed by atoms with van der Waals surface area (Å²) in [6.45, 7) is 1.65. The predicted molar refractivity (Wildman–Crippen MR) is 103 cm³/mol. The fourth-order valence-electron chi connectivity index (χ4n) is 3.20. The van der Waals surface area contributed by atoms with E-state index in [9.17, 15) is 4.79 Å². The van der Waals surface area contributed by atoms with Gasteiger partial charge in [-0.15, -0.1) is 0 Å². The highest BCUT2D eigenvalue weighted by molar-refractivity contribution is 8.03. The first-order chi connectivity index (χ1) is 11.7. The second-order valence-corrected chi connectivity index (χ2v) is 8.65. The Bertz CT molecular complexity index is 530. The molecule has 0 radical (unpaired) electrons. The lowest BCUT2D eigenvalue weighted by molar-refractivity contribution is -0.127. The Balaban J connectivity index is 1.45. The minimum Gasteiger partial charge on any atom is -0.497 e. The highest BCUT2D eigenvalue weighted by atomic mass is 32.2. The predicted octanol–water partition coefficient (Wildman–Crippen LogP) is 2.28. The van der Waals surface area contributed by atoms with Crippen molar-refractivity contribution in [3.05, 3.63) is 29.8 Å². The van der Waals surface area contributed by atoms with Crippen LogP contribution in [-0.4, -0.2) is 66.1 Å². The standard InChI is InChI=1S/C18H26N2O2S2/c1-22-17-4-2-14(3-5-17)6-7-20-11-15(10-18(20)21)19-16-12-23-8-9-24-13-16/h2-5,15-16,19H,6-13H2,1H3/t15-/m0/s1. The lowest BCUT2D eigenvalue weighted by atomic mass is 10.1. The molecule has 1 aromatic rings. The molecule has 6 heteroatoms. The SMILES string of the molecule is COc1ccc(CCN2C[C@@H](NC3CSCCSC3)CC2=O)cc1. The summed E-state index contributed by atoms with van der Waals surface area (Å²) >= 11 is 4.05. The molecule has 1 aromatic carbocycles. The second kappa shape index (κ2) is 9.02. The zero-order valence-corrected chi connectivity index (χ0v) is 15.8. The maximum atomic E-state index is 12.3. The quantitative estimate of drug-likeness (QED) is 0.837. The molecule has 2 heterocycles. The van der Waals surface area contributed by atoms with Crippen LogP contribution in [0.3, 0.4) is 0 Å². The van der Waals surface area contributed by atoms with Crippen LogP contribution in [0.4, 0.5) is 0 Å². The lowest BCUT2D eigenvalue weighted by Gasteiger charge is -2.21. The number of amides is 1. The molecule has 3 rings (SSSR count). The molecule has 2 saturated heterocycles. The number of carbonyl (C=O) groups excluding carboxylic acids is 1. The Morgan fingerprint density at radius 1 is 1.17 bits per heavy atom. The maximum Gasteiger partial charge on any atom is 0.224 e. The molecule has 0 saturated carbocycles. The molecule has 2 aliphatic rings. The molecule has 2 fully saturated rings. The second-order valence-electron chi connectivity index (χ2n) is 6.35. The van der Waals surface area contributed by atoms with Crippen molar-refractivity contribution in [1.82, 2.24) is 10.2 Å². The Kier molecular flexibility index (Phi) is 6.75. The van der Waals surface area contributed by atoms with Gasteiger partial charge in [0.05, 0.1) is 7.11 Å². The first-order valence-electron chi connectivity index (χ1n) is 8.57. The van der Waals surface area contributed by atoms with Gasteiger partial charge in [0.2, 0.25) is 5.91 Å². The number of thioether (sulfide) groups is 2. The molecule has 0 bridgehead atoms. The Morgan fingerprint density at radius 2 is 1.88 bits per heavy atom. The molecule has 0 spiro atoms. The molecule has 1 amide bonds.